The number of thiocarbonyl (C=S) groups is 1. The first-order valence-electron chi connectivity index (χ1n) is 9.06. The summed E-state index contributed by atoms with van der Waals surface area (Å²) >= 11 is 12.5. The lowest BCUT2D eigenvalue weighted by atomic mass is 10.1. The number of hydrogen-bond acceptors (Lipinski definition) is 5. The lowest BCUT2D eigenvalue weighted by Gasteiger charge is -2.14. The van der Waals surface area contributed by atoms with E-state index in [2.05, 4.69) is 0 Å². The maximum absolute atomic E-state index is 13.0. The van der Waals surface area contributed by atoms with Gasteiger partial charge in [0.2, 0.25) is 0 Å². The van der Waals surface area contributed by atoms with E-state index in [1.54, 1.807) is 37.4 Å². The minimum absolute atomic E-state index is 0.104. The number of rotatable bonds is 4. The third-order valence-corrected chi connectivity index (χ3v) is 6.22. The first-order valence-corrected chi connectivity index (χ1v) is 10.7. The van der Waals surface area contributed by atoms with Crippen LogP contribution in [0.3, 0.4) is 0 Å². The monoisotopic (exact) mass is 495 g/mol. The number of alkyl halides is 3. The smallest absolute Gasteiger partial charge is 0.416 e. The Balaban J connectivity index is 1.61. The Hall–Kier alpha value is -2.75. The van der Waals surface area contributed by atoms with Gasteiger partial charge in [-0.15, -0.1) is 0 Å². The number of ether oxygens (including phenoxy) is 1. The molecule has 1 aliphatic heterocycles. The van der Waals surface area contributed by atoms with Crippen LogP contribution in [0.15, 0.2) is 63.9 Å². The van der Waals surface area contributed by atoms with Crippen molar-refractivity contribution in [1.82, 2.24) is 0 Å². The number of benzene rings is 2. The minimum atomic E-state index is -4.51. The molecule has 0 spiro atoms. The summed E-state index contributed by atoms with van der Waals surface area (Å²) in [5.41, 5.74) is -0.144. The van der Waals surface area contributed by atoms with Crippen molar-refractivity contribution in [3.63, 3.8) is 0 Å². The molecule has 1 aromatic heterocycles. The molecular weight excluding hydrogens is 483 g/mol. The number of methoxy groups -OCH3 is 1. The van der Waals surface area contributed by atoms with E-state index in [0.717, 1.165) is 23.9 Å². The van der Waals surface area contributed by atoms with Gasteiger partial charge in [0, 0.05) is 11.6 Å². The SMILES string of the molecule is COc1ccc(N2C(=O)/C(=C\c3ccc(-c4cc(C(F)(F)F)ccc4Cl)o3)SC2=S)cc1. The molecule has 4 nitrogen and oxygen atoms in total. The van der Waals surface area contributed by atoms with Crippen molar-refractivity contribution < 1.29 is 27.1 Å². The number of carbonyl (C=O) groups excluding carboxylic acids is 1. The molecule has 1 aliphatic rings. The number of furan rings is 1. The number of amides is 1. The average molecular weight is 496 g/mol. The van der Waals surface area contributed by atoms with Crippen molar-refractivity contribution in [2.75, 3.05) is 12.0 Å². The lowest BCUT2D eigenvalue weighted by molar-refractivity contribution is -0.137. The highest BCUT2D eigenvalue weighted by atomic mass is 35.5. The van der Waals surface area contributed by atoms with E-state index in [9.17, 15) is 18.0 Å². The predicted molar refractivity (Wildman–Crippen MR) is 123 cm³/mol. The Morgan fingerprint density at radius 3 is 2.50 bits per heavy atom. The fourth-order valence-corrected chi connectivity index (χ4v) is 4.51. The van der Waals surface area contributed by atoms with Crippen molar-refractivity contribution >= 4 is 57.6 Å². The Kier molecular flexibility index (Phi) is 6.07. The molecule has 1 saturated heterocycles. The highest BCUT2D eigenvalue weighted by Gasteiger charge is 2.34. The van der Waals surface area contributed by atoms with Gasteiger partial charge in [0.05, 0.1) is 28.3 Å². The van der Waals surface area contributed by atoms with Crippen LogP contribution in [0.1, 0.15) is 11.3 Å². The van der Waals surface area contributed by atoms with E-state index >= 15 is 0 Å². The molecule has 0 atom stereocenters. The van der Waals surface area contributed by atoms with Gasteiger partial charge in [-0.05, 0) is 54.6 Å². The molecule has 0 bridgehead atoms. The van der Waals surface area contributed by atoms with Gasteiger partial charge in [0.25, 0.3) is 5.91 Å². The first kappa shape index (κ1) is 22.4. The molecule has 0 unspecified atom stereocenters. The Morgan fingerprint density at radius 1 is 1.12 bits per heavy atom. The zero-order chi connectivity index (χ0) is 23.0. The third kappa shape index (κ3) is 4.41. The number of nitrogens with zero attached hydrogens (tertiary/aromatic N) is 1. The van der Waals surface area contributed by atoms with E-state index in [4.69, 9.17) is 33.0 Å². The normalized spacial score (nSPS) is 15.7. The zero-order valence-electron chi connectivity index (χ0n) is 16.3. The van der Waals surface area contributed by atoms with E-state index in [-0.39, 0.29) is 28.0 Å². The zero-order valence-corrected chi connectivity index (χ0v) is 18.7. The minimum Gasteiger partial charge on any atom is -0.497 e. The van der Waals surface area contributed by atoms with Crippen LogP contribution in [0.5, 0.6) is 5.75 Å². The Labute approximate surface area is 195 Å². The van der Waals surface area contributed by atoms with Crippen LogP contribution in [0.25, 0.3) is 17.4 Å². The highest BCUT2D eigenvalue weighted by molar-refractivity contribution is 8.27. The van der Waals surface area contributed by atoms with Gasteiger partial charge in [-0.1, -0.05) is 35.6 Å². The molecule has 10 heteroatoms. The van der Waals surface area contributed by atoms with Crippen LogP contribution in [-0.2, 0) is 11.0 Å². The number of thioether (sulfide) groups is 1. The van der Waals surface area contributed by atoms with Crippen LogP contribution in [0, 0.1) is 0 Å². The van der Waals surface area contributed by atoms with E-state index in [1.807, 2.05) is 0 Å². The maximum Gasteiger partial charge on any atom is 0.416 e. The standard InChI is InChI=1S/C22H13ClF3NO3S2/c1-29-14-5-3-13(4-6-14)27-20(28)19(32-21(27)31)11-15-7-9-18(30-15)16-10-12(22(24,25)26)2-8-17(16)23/h2-11H,1H3/b19-11+. The van der Waals surface area contributed by atoms with Crippen molar-refractivity contribution in [2.45, 2.75) is 6.18 Å². The second kappa shape index (κ2) is 8.65. The first-order chi connectivity index (χ1) is 15.2. The van der Waals surface area contributed by atoms with E-state index < -0.39 is 11.7 Å². The molecule has 0 saturated carbocycles. The fraction of sp³-hybridized carbons (Fsp3) is 0.0909. The van der Waals surface area contributed by atoms with Gasteiger partial charge in [-0.25, -0.2) is 0 Å². The summed E-state index contributed by atoms with van der Waals surface area (Å²) < 4.78 is 50.3. The van der Waals surface area contributed by atoms with Gasteiger partial charge in [-0.3, -0.25) is 9.69 Å². The number of carbonyl (C=O) groups is 1. The third-order valence-electron chi connectivity index (χ3n) is 4.58. The van der Waals surface area contributed by atoms with Crippen molar-refractivity contribution in [2.24, 2.45) is 0 Å². The second-order valence-electron chi connectivity index (χ2n) is 6.61. The summed E-state index contributed by atoms with van der Waals surface area (Å²) in [6, 6.07) is 12.9. The fourth-order valence-electron chi connectivity index (χ4n) is 3.02. The predicted octanol–water partition coefficient (Wildman–Crippen LogP) is 7.03. The Bertz CT molecular complexity index is 1240. The Morgan fingerprint density at radius 2 is 1.84 bits per heavy atom. The summed E-state index contributed by atoms with van der Waals surface area (Å²) in [7, 11) is 1.54. The molecular formula is C22H13ClF3NO3S2. The van der Waals surface area contributed by atoms with Gasteiger partial charge in [0.15, 0.2) is 4.32 Å². The highest BCUT2D eigenvalue weighted by Crippen LogP contribution is 2.39. The van der Waals surface area contributed by atoms with Crippen molar-refractivity contribution in [3.8, 4) is 17.1 Å². The largest absolute Gasteiger partial charge is 0.497 e. The average Bonchev–Trinajstić information content (AvgIpc) is 3.32. The molecule has 1 amide bonds. The molecule has 2 heterocycles. The lowest BCUT2D eigenvalue weighted by Crippen LogP contribution is -2.27. The molecule has 4 rings (SSSR count). The van der Waals surface area contributed by atoms with Crippen LogP contribution in [0.2, 0.25) is 5.02 Å². The maximum atomic E-state index is 13.0. The van der Waals surface area contributed by atoms with Gasteiger partial charge in [-0.2, -0.15) is 13.2 Å². The summed E-state index contributed by atoms with van der Waals surface area (Å²) in [6.07, 6.45) is -3.02. The number of anilines is 1. The summed E-state index contributed by atoms with van der Waals surface area (Å²) in [5, 5.41) is 0.115. The van der Waals surface area contributed by atoms with Gasteiger partial charge >= 0.3 is 6.18 Å². The van der Waals surface area contributed by atoms with Crippen LogP contribution in [-0.4, -0.2) is 17.3 Å². The van der Waals surface area contributed by atoms with E-state index in [0.29, 0.717) is 20.7 Å². The summed E-state index contributed by atoms with van der Waals surface area (Å²) in [6.45, 7) is 0. The van der Waals surface area contributed by atoms with Crippen LogP contribution < -0.4 is 9.64 Å². The quantitative estimate of drug-likeness (QED) is 0.287. The number of halogens is 4. The molecule has 0 N–H and O–H groups in total. The molecule has 0 radical (unpaired) electrons. The number of hydrogen-bond donors (Lipinski definition) is 0. The molecule has 0 aliphatic carbocycles. The van der Waals surface area contributed by atoms with Crippen LogP contribution in [0.4, 0.5) is 18.9 Å². The molecule has 32 heavy (non-hydrogen) atoms. The van der Waals surface area contributed by atoms with Crippen LogP contribution >= 0.6 is 35.6 Å². The topological polar surface area (TPSA) is 42.7 Å². The van der Waals surface area contributed by atoms with Crippen molar-refractivity contribution in [3.05, 3.63) is 75.8 Å². The van der Waals surface area contributed by atoms with Gasteiger partial charge < -0.3 is 9.15 Å². The molecule has 2 aromatic carbocycles. The molecule has 1 fully saturated rings. The second-order valence-corrected chi connectivity index (χ2v) is 8.69. The molecule has 164 valence electrons. The summed E-state index contributed by atoms with van der Waals surface area (Å²) in [5.74, 6) is 0.744. The molecule has 3 aromatic rings. The van der Waals surface area contributed by atoms with E-state index in [1.165, 1.54) is 23.1 Å². The van der Waals surface area contributed by atoms with Gasteiger partial charge in [0.1, 0.15) is 17.3 Å². The summed E-state index contributed by atoms with van der Waals surface area (Å²) in [4.78, 5) is 14.6. The van der Waals surface area contributed by atoms with Crippen molar-refractivity contribution in [1.29, 1.82) is 0 Å².